The Morgan fingerprint density at radius 1 is 0.818 bits per heavy atom. The van der Waals surface area contributed by atoms with Crippen molar-refractivity contribution in [2.24, 2.45) is 0 Å². The summed E-state index contributed by atoms with van der Waals surface area (Å²) in [6, 6.07) is 0. The van der Waals surface area contributed by atoms with E-state index in [1.165, 1.54) is 0 Å². The van der Waals surface area contributed by atoms with Gasteiger partial charge in [-0.25, -0.2) is 9.97 Å². The molecule has 0 bridgehead atoms. The first-order valence-corrected chi connectivity index (χ1v) is 8.08. The molecule has 1 N–H and O–H groups in total. The van der Waals surface area contributed by atoms with Gasteiger partial charge in [-0.2, -0.15) is 0 Å². The molecule has 6 heteroatoms. The number of aromatic nitrogens is 4. The fourth-order valence-electron chi connectivity index (χ4n) is 4.00. The van der Waals surface area contributed by atoms with Crippen molar-refractivity contribution in [1.82, 2.24) is 19.1 Å². The molecule has 2 aromatic heterocycles. The van der Waals surface area contributed by atoms with E-state index >= 15 is 0 Å². The minimum absolute atomic E-state index is 0.0160. The van der Waals surface area contributed by atoms with E-state index in [1.54, 1.807) is 0 Å². The Bertz CT molecular complexity index is 775. The summed E-state index contributed by atoms with van der Waals surface area (Å²) < 4.78 is 4.09. The first kappa shape index (κ1) is 12.3. The number of rotatable bonds is 0. The summed E-state index contributed by atoms with van der Waals surface area (Å²) in [4.78, 5) is 22.3. The highest BCUT2D eigenvalue weighted by Gasteiger charge is 2.39. The number of carbonyl (C=O) groups is 1. The summed E-state index contributed by atoms with van der Waals surface area (Å²) in [6.07, 6.45) is 6.17. The molecule has 0 saturated heterocycles. The van der Waals surface area contributed by atoms with Gasteiger partial charge >= 0.3 is 0 Å². The molecule has 4 heterocycles. The normalized spacial score (nSPS) is 19.5. The van der Waals surface area contributed by atoms with E-state index in [4.69, 9.17) is 5.41 Å². The van der Waals surface area contributed by atoms with Gasteiger partial charge < -0.3 is 9.13 Å². The highest BCUT2D eigenvalue weighted by atomic mass is 16.1. The van der Waals surface area contributed by atoms with Crippen LogP contribution in [-0.2, 0) is 25.9 Å². The zero-order chi connectivity index (χ0) is 14.8. The van der Waals surface area contributed by atoms with Crippen molar-refractivity contribution in [2.45, 2.75) is 51.6 Å². The van der Waals surface area contributed by atoms with E-state index < -0.39 is 0 Å². The van der Waals surface area contributed by atoms with Gasteiger partial charge in [-0.15, -0.1) is 0 Å². The molecule has 112 valence electrons. The number of aryl methyl sites for hydroxylation is 2. The van der Waals surface area contributed by atoms with Gasteiger partial charge in [-0.05, 0) is 25.7 Å². The number of imidazole rings is 2. The average molecular weight is 295 g/mol. The molecule has 0 atom stereocenters. The molecule has 1 aliphatic carbocycles. The van der Waals surface area contributed by atoms with Gasteiger partial charge in [0.2, 0.25) is 5.78 Å². The quantitative estimate of drug-likeness (QED) is 0.686. The standard InChI is InChI=1S/C16H17N5O/c17-11-12-14(20-7-3-1-5-9(20)18-12)16(22)15-13(11)19-10-6-2-4-8-21(10)15/h17H,1-8H2. The summed E-state index contributed by atoms with van der Waals surface area (Å²) >= 11 is 0. The Balaban J connectivity index is 1.76. The lowest BCUT2D eigenvalue weighted by molar-refractivity contribution is 0.101. The number of hydrogen-bond acceptors (Lipinski definition) is 4. The first-order valence-electron chi connectivity index (χ1n) is 8.08. The van der Waals surface area contributed by atoms with E-state index in [9.17, 15) is 4.79 Å². The third-order valence-electron chi connectivity index (χ3n) is 5.06. The monoisotopic (exact) mass is 295 g/mol. The second-order valence-corrected chi connectivity index (χ2v) is 6.37. The minimum Gasteiger partial charge on any atom is -0.325 e. The second-order valence-electron chi connectivity index (χ2n) is 6.37. The van der Waals surface area contributed by atoms with Crippen molar-refractivity contribution in [3.05, 3.63) is 34.4 Å². The molecule has 5 rings (SSSR count). The predicted molar refractivity (Wildman–Crippen MR) is 79.7 cm³/mol. The van der Waals surface area contributed by atoms with Crippen LogP contribution in [0.5, 0.6) is 0 Å². The zero-order valence-corrected chi connectivity index (χ0v) is 12.4. The summed E-state index contributed by atoms with van der Waals surface area (Å²) in [7, 11) is 0. The van der Waals surface area contributed by atoms with Gasteiger partial charge in [-0.1, -0.05) is 0 Å². The van der Waals surface area contributed by atoms with Gasteiger partial charge in [-0.3, -0.25) is 10.2 Å². The SMILES string of the molecule is N=C1c2nc3n(c2C(=O)c2c1nc1n2CCCC1)CCCC3. The number of nitrogens with one attached hydrogen (secondary N) is 1. The van der Waals surface area contributed by atoms with Gasteiger partial charge in [0.15, 0.2) is 0 Å². The van der Waals surface area contributed by atoms with E-state index in [0.717, 1.165) is 63.3 Å². The number of fused-ring (bicyclic) bond motifs is 6. The van der Waals surface area contributed by atoms with Crippen LogP contribution in [0.2, 0.25) is 0 Å². The molecule has 22 heavy (non-hydrogen) atoms. The van der Waals surface area contributed by atoms with Crippen LogP contribution in [0.4, 0.5) is 0 Å². The topological polar surface area (TPSA) is 76.6 Å². The van der Waals surface area contributed by atoms with Crippen molar-refractivity contribution in [3.8, 4) is 0 Å². The molecule has 0 radical (unpaired) electrons. The van der Waals surface area contributed by atoms with Crippen molar-refractivity contribution in [2.75, 3.05) is 0 Å². The fraction of sp³-hybridized carbons (Fsp3) is 0.500. The Morgan fingerprint density at radius 3 is 1.82 bits per heavy atom. The van der Waals surface area contributed by atoms with Crippen LogP contribution in [0.25, 0.3) is 0 Å². The second kappa shape index (κ2) is 4.15. The molecule has 0 amide bonds. The highest BCUT2D eigenvalue weighted by molar-refractivity contribution is 6.26. The van der Waals surface area contributed by atoms with Gasteiger partial charge in [0.25, 0.3) is 0 Å². The van der Waals surface area contributed by atoms with Crippen LogP contribution in [-0.4, -0.2) is 30.6 Å². The Labute approximate surface area is 127 Å². The third kappa shape index (κ3) is 1.40. The molecule has 0 unspecified atom stereocenters. The molecule has 6 nitrogen and oxygen atoms in total. The minimum atomic E-state index is 0.0160. The molecule has 0 aromatic carbocycles. The molecular formula is C16H17N5O. The molecule has 2 aromatic rings. The van der Waals surface area contributed by atoms with Gasteiger partial charge in [0.05, 0.1) is 0 Å². The van der Waals surface area contributed by atoms with Crippen molar-refractivity contribution in [1.29, 1.82) is 5.41 Å². The number of carbonyl (C=O) groups excluding carboxylic acids is 1. The van der Waals surface area contributed by atoms with Gasteiger partial charge in [0.1, 0.15) is 40.1 Å². The van der Waals surface area contributed by atoms with E-state index in [0.29, 0.717) is 28.5 Å². The number of nitrogens with zero attached hydrogens (tertiary/aromatic N) is 4. The molecular weight excluding hydrogens is 278 g/mol. The summed E-state index contributed by atoms with van der Waals surface area (Å²) in [5, 5.41) is 8.50. The van der Waals surface area contributed by atoms with Crippen LogP contribution in [0.15, 0.2) is 0 Å². The maximum absolute atomic E-state index is 13.1. The summed E-state index contributed by atoms with van der Waals surface area (Å²) in [5.74, 6) is 1.93. The summed E-state index contributed by atoms with van der Waals surface area (Å²) in [5.41, 5.74) is 2.67. The maximum Gasteiger partial charge on any atom is 0.230 e. The van der Waals surface area contributed by atoms with Crippen molar-refractivity contribution < 1.29 is 4.79 Å². The van der Waals surface area contributed by atoms with E-state index in [2.05, 4.69) is 9.97 Å². The molecule has 0 saturated carbocycles. The Kier molecular flexibility index (Phi) is 2.32. The lowest BCUT2D eigenvalue weighted by atomic mass is 9.97. The zero-order valence-electron chi connectivity index (χ0n) is 12.4. The largest absolute Gasteiger partial charge is 0.325 e. The van der Waals surface area contributed by atoms with Crippen LogP contribution in [0.1, 0.15) is 64.9 Å². The predicted octanol–water partition coefficient (Wildman–Crippen LogP) is 1.71. The van der Waals surface area contributed by atoms with Crippen LogP contribution in [0, 0.1) is 5.41 Å². The third-order valence-corrected chi connectivity index (χ3v) is 5.06. The maximum atomic E-state index is 13.1. The highest BCUT2D eigenvalue weighted by Crippen LogP contribution is 2.32. The summed E-state index contributed by atoms with van der Waals surface area (Å²) in [6.45, 7) is 1.68. The van der Waals surface area contributed by atoms with Crippen molar-refractivity contribution in [3.63, 3.8) is 0 Å². The van der Waals surface area contributed by atoms with E-state index in [1.807, 2.05) is 9.13 Å². The number of hydrogen-bond donors (Lipinski definition) is 1. The first-order chi connectivity index (χ1) is 10.8. The lowest BCUT2D eigenvalue weighted by Crippen LogP contribution is -2.27. The van der Waals surface area contributed by atoms with Crippen LogP contribution in [0.3, 0.4) is 0 Å². The van der Waals surface area contributed by atoms with Crippen LogP contribution >= 0.6 is 0 Å². The Morgan fingerprint density at radius 2 is 1.32 bits per heavy atom. The van der Waals surface area contributed by atoms with E-state index in [-0.39, 0.29) is 5.78 Å². The smallest absolute Gasteiger partial charge is 0.230 e. The van der Waals surface area contributed by atoms with Crippen LogP contribution < -0.4 is 0 Å². The lowest BCUT2D eigenvalue weighted by Gasteiger charge is -2.20. The average Bonchev–Trinajstić information content (AvgIpc) is 3.12. The molecule has 0 spiro atoms. The van der Waals surface area contributed by atoms with Crippen molar-refractivity contribution >= 4 is 11.5 Å². The molecule has 3 aliphatic rings. The fourth-order valence-corrected chi connectivity index (χ4v) is 4.00. The Hall–Kier alpha value is -2.24. The number of ketones is 1. The molecule has 0 fully saturated rings. The van der Waals surface area contributed by atoms with Gasteiger partial charge in [0, 0.05) is 25.9 Å². The molecule has 2 aliphatic heterocycles.